The average Bonchev–Trinajstić information content (AvgIpc) is 2.71. The number of thiazole rings is 1. The summed E-state index contributed by atoms with van der Waals surface area (Å²) < 4.78 is 0.921. The highest BCUT2D eigenvalue weighted by atomic mass is 32.2. The van der Waals surface area contributed by atoms with Crippen LogP contribution in [0.5, 0.6) is 0 Å². The highest BCUT2D eigenvalue weighted by Gasteiger charge is 2.32. The zero-order valence-electron chi connectivity index (χ0n) is 11.2. The van der Waals surface area contributed by atoms with E-state index in [1.807, 2.05) is 0 Å². The summed E-state index contributed by atoms with van der Waals surface area (Å²) in [5.74, 6) is 0.204. The lowest BCUT2D eigenvalue weighted by Crippen LogP contribution is -2.47. The molecule has 0 unspecified atom stereocenters. The summed E-state index contributed by atoms with van der Waals surface area (Å²) in [7, 11) is 0. The average molecular weight is 310 g/mol. The number of amides is 1. The van der Waals surface area contributed by atoms with Crippen LogP contribution in [0, 0.1) is 11.3 Å². The Morgan fingerprint density at radius 1 is 1.50 bits per heavy atom. The first kappa shape index (κ1) is 15.1. The van der Waals surface area contributed by atoms with Gasteiger partial charge in [-0.25, -0.2) is 4.98 Å². The number of carbonyl (C=O) groups excluding carboxylic acids is 1. The molecule has 20 heavy (non-hydrogen) atoms. The van der Waals surface area contributed by atoms with Gasteiger partial charge in [0.1, 0.15) is 5.54 Å². The number of rotatable bonds is 4. The molecule has 0 radical (unpaired) electrons. The van der Waals surface area contributed by atoms with E-state index in [1.54, 1.807) is 6.20 Å². The third-order valence-electron chi connectivity index (χ3n) is 3.40. The maximum atomic E-state index is 12.0. The predicted molar refractivity (Wildman–Crippen MR) is 81.4 cm³/mol. The summed E-state index contributed by atoms with van der Waals surface area (Å²) in [6.07, 6.45) is 7.49. The monoisotopic (exact) mass is 310 g/mol. The first-order chi connectivity index (χ1) is 9.63. The number of nitrogens with one attached hydrogen (secondary N) is 1. The number of hydrogen-bond donors (Lipinski definition) is 2. The van der Waals surface area contributed by atoms with Crippen LogP contribution in [0.25, 0.3) is 0 Å². The second-order valence-corrected chi connectivity index (χ2v) is 7.30. The molecule has 1 aliphatic rings. The van der Waals surface area contributed by atoms with Gasteiger partial charge in [-0.05, 0) is 12.8 Å². The Morgan fingerprint density at radius 3 is 2.75 bits per heavy atom. The Labute approximate surface area is 127 Å². The fourth-order valence-electron chi connectivity index (χ4n) is 2.38. The highest BCUT2D eigenvalue weighted by molar-refractivity contribution is 8.01. The van der Waals surface area contributed by atoms with Gasteiger partial charge in [-0.2, -0.15) is 5.26 Å². The second kappa shape index (κ2) is 6.95. The number of nitriles is 1. The number of hydrogen-bond acceptors (Lipinski definition) is 6. The molecular formula is C13H18N4OS2. The molecule has 1 saturated carbocycles. The fourth-order valence-corrected chi connectivity index (χ4v) is 3.93. The van der Waals surface area contributed by atoms with Crippen molar-refractivity contribution < 1.29 is 4.79 Å². The lowest BCUT2D eigenvalue weighted by molar-refractivity contribution is -0.120. The van der Waals surface area contributed by atoms with Gasteiger partial charge in [0.25, 0.3) is 0 Å². The number of nitrogens with two attached hydrogens (primary N) is 1. The molecule has 3 N–H and O–H groups in total. The maximum Gasteiger partial charge on any atom is 0.231 e. The van der Waals surface area contributed by atoms with Crippen LogP contribution < -0.4 is 11.1 Å². The number of nitrogens with zero attached hydrogens (tertiary/aromatic N) is 2. The Bertz CT molecular complexity index is 501. The van der Waals surface area contributed by atoms with Gasteiger partial charge in [0.2, 0.25) is 5.91 Å². The Hall–Kier alpha value is -1.26. The molecule has 0 aromatic carbocycles. The third-order valence-corrected chi connectivity index (χ3v) is 5.42. The van der Waals surface area contributed by atoms with E-state index < -0.39 is 5.54 Å². The summed E-state index contributed by atoms with van der Waals surface area (Å²) in [4.78, 5) is 16.0. The van der Waals surface area contributed by atoms with E-state index in [2.05, 4.69) is 16.4 Å². The number of carbonyl (C=O) groups is 1. The minimum atomic E-state index is -0.666. The highest BCUT2D eigenvalue weighted by Crippen LogP contribution is 2.28. The smallest absolute Gasteiger partial charge is 0.231 e. The van der Waals surface area contributed by atoms with E-state index in [0.717, 1.165) is 42.7 Å². The molecule has 0 aliphatic heterocycles. The molecule has 1 aromatic heterocycles. The van der Waals surface area contributed by atoms with Crippen molar-refractivity contribution in [2.24, 2.45) is 0 Å². The lowest BCUT2D eigenvalue weighted by atomic mass is 9.92. The van der Waals surface area contributed by atoms with Crippen LogP contribution >= 0.6 is 23.1 Å². The van der Waals surface area contributed by atoms with E-state index in [1.165, 1.54) is 23.1 Å². The van der Waals surface area contributed by atoms with E-state index in [9.17, 15) is 10.1 Å². The van der Waals surface area contributed by atoms with Crippen LogP contribution in [0.3, 0.4) is 0 Å². The molecule has 2 rings (SSSR count). The molecule has 108 valence electrons. The van der Waals surface area contributed by atoms with Gasteiger partial charge >= 0.3 is 0 Å². The molecule has 0 spiro atoms. The van der Waals surface area contributed by atoms with Crippen molar-refractivity contribution >= 4 is 34.1 Å². The maximum absolute atomic E-state index is 12.0. The summed E-state index contributed by atoms with van der Waals surface area (Å²) in [5.41, 5.74) is 4.88. The standard InChI is InChI=1S/C13H18N4OS2/c14-9-13(5-3-1-2-4-6-13)17-10(18)8-19-11-7-16-12(15)20-11/h7H,1-6,8H2,(H2,15,16)(H,17,18). The van der Waals surface area contributed by atoms with Gasteiger partial charge in [0, 0.05) is 0 Å². The third kappa shape index (κ3) is 4.12. The zero-order chi connectivity index (χ0) is 14.4. The molecule has 1 aromatic rings. The van der Waals surface area contributed by atoms with Gasteiger partial charge in [-0.3, -0.25) is 4.79 Å². The normalized spacial score (nSPS) is 17.9. The molecule has 1 fully saturated rings. The Kier molecular flexibility index (Phi) is 5.26. The van der Waals surface area contributed by atoms with Crippen molar-refractivity contribution in [2.45, 2.75) is 48.3 Å². The largest absolute Gasteiger partial charge is 0.375 e. The minimum absolute atomic E-state index is 0.0922. The number of thioether (sulfide) groups is 1. The molecular weight excluding hydrogens is 292 g/mol. The lowest BCUT2D eigenvalue weighted by Gasteiger charge is -2.26. The van der Waals surface area contributed by atoms with E-state index in [4.69, 9.17) is 5.73 Å². The first-order valence-electron chi connectivity index (χ1n) is 6.70. The van der Waals surface area contributed by atoms with Crippen molar-refractivity contribution in [2.75, 3.05) is 11.5 Å². The first-order valence-corrected chi connectivity index (χ1v) is 8.50. The van der Waals surface area contributed by atoms with Crippen LogP contribution in [-0.2, 0) is 4.79 Å². The molecule has 1 amide bonds. The number of aromatic nitrogens is 1. The summed E-state index contributed by atoms with van der Waals surface area (Å²) >= 11 is 2.78. The van der Waals surface area contributed by atoms with Crippen molar-refractivity contribution in [3.63, 3.8) is 0 Å². The second-order valence-electron chi connectivity index (χ2n) is 4.96. The van der Waals surface area contributed by atoms with Gasteiger partial charge in [-0.15, -0.1) is 11.8 Å². The quantitative estimate of drug-likeness (QED) is 0.658. The van der Waals surface area contributed by atoms with Gasteiger partial charge in [-0.1, -0.05) is 37.0 Å². The van der Waals surface area contributed by atoms with Crippen LogP contribution in [-0.4, -0.2) is 22.2 Å². The fraction of sp³-hybridized carbons (Fsp3) is 0.615. The minimum Gasteiger partial charge on any atom is -0.375 e. The molecule has 0 saturated heterocycles. The van der Waals surface area contributed by atoms with Crippen molar-refractivity contribution in [3.05, 3.63) is 6.20 Å². The molecule has 0 bridgehead atoms. The van der Waals surface area contributed by atoms with Crippen LogP contribution in [0.4, 0.5) is 5.13 Å². The van der Waals surface area contributed by atoms with Gasteiger partial charge in [0.05, 0.1) is 22.2 Å². The molecule has 1 aliphatic carbocycles. The Morgan fingerprint density at radius 2 is 2.20 bits per heavy atom. The number of nitrogen functional groups attached to an aromatic ring is 1. The topological polar surface area (TPSA) is 91.8 Å². The van der Waals surface area contributed by atoms with Gasteiger partial charge in [0.15, 0.2) is 5.13 Å². The van der Waals surface area contributed by atoms with Crippen molar-refractivity contribution in [1.82, 2.24) is 10.3 Å². The van der Waals surface area contributed by atoms with Crippen molar-refractivity contribution in [1.29, 1.82) is 5.26 Å². The molecule has 0 atom stereocenters. The van der Waals surface area contributed by atoms with Crippen molar-refractivity contribution in [3.8, 4) is 6.07 Å². The van der Waals surface area contributed by atoms with Gasteiger partial charge < -0.3 is 11.1 Å². The summed E-state index contributed by atoms with van der Waals surface area (Å²) in [5, 5.41) is 12.8. The molecule has 1 heterocycles. The Balaban J connectivity index is 1.87. The van der Waals surface area contributed by atoms with Crippen LogP contribution in [0.15, 0.2) is 10.4 Å². The molecule has 7 heteroatoms. The molecule has 5 nitrogen and oxygen atoms in total. The van der Waals surface area contributed by atoms with E-state index >= 15 is 0 Å². The number of anilines is 1. The van der Waals surface area contributed by atoms with Crippen LogP contribution in [0.1, 0.15) is 38.5 Å². The predicted octanol–water partition coefficient (Wildman–Crippen LogP) is 2.55. The summed E-state index contributed by atoms with van der Waals surface area (Å²) in [6, 6.07) is 2.32. The zero-order valence-corrected chi connectivity index (χ0v) is 12.9. The van der Waals surface area contributed by atoms with E-state index in [0.29, 0.717) is 10.9 Å². The SMILES string of the molecule is N#CC1(NC(=O)CSc2cnc(N)s2)CCCCCC1. The summed E-state index contributed by atoms with van der Waals surface area (Å²) in [6.45, 7) is 0. The van der Waals surface area contributed by atoms with E-state index in [-0.39, 0.29) is 5.91 Å². The van der Waals surface area contributed by atoms with Crippen LogP contribution in [0.2, 0.25) is 0 Å².